The Labute approximate surface area is 140 Å². The zero-order chi connectivity index (χ0) is 18.0. The van der Waals surface area contributed by atoms with Crippen LogP contribution in [0.3, 0.4) is 0 Å². The van der Waals surface area contributed by atoms with Crippen LogP contribution in [0.5, 0.6) is 5.75 Å². The summed E-state index contributed by atoms with van der Waals surface area (Å²) in [5.74, 6) is -0.607. The zero-order valence-corrected chi connectivity index (χ0v) is 12.8. The number of phenols is 1. The minimum Gasteiger partial charge on any atom is -0.504 e. The summed E-state index contributed by atoms with van der Waals surface area (Å²) in [6, 6.07) is 11.1. The van der Waals surface area contributed by atoms with Crippen molar-refractivity contribution in [2.24, 2.45) is 0 Å². The number of amides is 1. The summed E-state index contributed by atoms with van der Waals surface area (Å²) in [7, 11) is 0. The smallest absolute Gasteiger partial charge is 0.416 e. The molecule has 0 radical (unpaired) electrons. The SMILES string of the molecule is O=C(Cc1ccc(C(F)(F)F)cc1)Nc1ccc2cccnc2c1O. The zero-order valence-electron chi connectivity index (χ0n) is 12.8. The second-order valence-electron chi connectivity index (χ2n) is 5.46. The third-order valence-electron chi connectivity index (χ3n) is 3.67. The Bertz CT molecular complexity index is 922. The predicted octanol–water partition coefficient (Wildman–Crippen LogP) is 4.14. The van der Waals surface area contributed by atoms with Gasteiger partial charge in [0.05, 0.1) is 17.7 Å². The van der Waals surface area contributed by atoms with Crippen molar-refractivity contribution >= 4 is 22.5 Å². The molecule has 1 heterocycles. The molecular weight excluding hydrogens is 333 g/mol. The van der Waals surface area contributed by atoms with Crippen LogP contribution in [0, 0.1) is 0 Å². The second-order valence-corrected chi connectivity index (χ2v) is 5.46. The molecule has 2 N–H and O–H groups in total. The molecule has 0 spiro atoms. The number of halogens is 3. The number of nitrogens with zero attached hydrogens (tertiary/aromatic N) is 1. The largest absolute Gasteiger partial charge is 0.504 e. The Balaban J connectivity index is 1.74. The van der Waals surface area contributed by atoms with Gasteiger partial charge in [-0.1, -0.05) is 24.3 Å². The number of carbonyl (C=O) groups is 1. The number of carbonyl (C=O) groups excluding carboxylic acids is 1. The molecule has 2 aromatic carbocycles. The number of nitrogens with one attached hydrogen (secondary N) is 1. The molecule has 0 saturated heterocycles. The maximum Gasteiger partial charge on any atom is 0.416 e. The highest BCUT2D eigenvalue weighted by atomic mass is 19.4. The summed E-state index contributed by atoms with van der Waals surface area (Å²) in [4.78, 5) is 16.1. The van der Waals surface area contributed by atoms with Crippen LogP contribution in [0.1, 0.15) is 11.1 Å². The fourth-order valence-corrected chi connectivity index (χ4v) is 2.42. The number of pyridine rings is 1. The Morgan fingerprint density at radius 1 is 1.08 bits per heavy atom. The van der Waals surface area contributed by atoms with Crippen LogP contribution in [-0.2, 0) is 17.4 Å². The number of hydrogen-bond donors (Lipinski definition) is 2. The number of fused-ring (bicyclic) bond motifs is 1. The lowest BCUT2D eigenvalue weighted by Crippen LogP contribution is -2.15. The molecule has 3 aromatic rings. The van der Waals surface area contributed by atoms with Crippen LogP contribution in [0.15, 0.2) is 54.7 Å². The van der Waals surface area contributed by atoms with E-state index in [-0.39, 0.29) is 17.9 Å². The number of anilines is 1. The van der Waals surface area contributed by atoms with Gasteiger partial charge in [-0.15, -0.1) is 0 Å². The Hall–Kier alpha value is -3.09. The molecule has 0 atom stereocenters. The van der Waals surface area contributed by atoms with Crippen molar-refractivity contribution in [2.45, 2.75) is 12.6 Å². The highest BCUT2D eigenvalue weighted by Gasteiger charge is 2.29. The van der Waals surface area contributed by atoms with Crippen LogP contribution in [0.25, 0.3) is 10.9 Å². The van der Waals surface area contributed by atoms with E-state index >= 15 is 0 Å². The number of alkyl halides is 3. The van der Waals surface area contributed by atoms with Crippen molar-refractivity contribution < 1.29 is 23.1 Å². The van der Waals surface area contributed by atoms with Gasteiger partial charge in [0.1, 0.15) is 5.52 Å². The molecule has 0 bridgehead atoms. The first-order chi connectivity index (χ1) is 11.8. The lowest BCUT2D eigenvalue weighted by Gasteiger charge is -2.10. The molecule has 1 aromatic heterocycles. The van der Waals surface area contributed by atoms with Crippen molar-refractivity contribution in [1.82, 2.24) is 4.98 Å². The molecule has 0 fully saturated rings. The fraction of sp³-hybridized carbons (Fsp3) is 0.111. The molecule has 1 amide bonds. The third-order valence-corrected chi connectivity index (χ3v) is 3.67. The van der Waals surface area contributed by atoms with Crippen LogP contribution in [0.4, 0.5) is 18.9 Å². The average molecular weight is 346 g/mol. The molecule has 4 nitrogen and oxygen atoms in total. The molecule has 0 unspecified atom stereocenters. The lowest BCUT2D eigenvalue weighted by molar-refractivity contribution is -0.137. The summed E-state index contributed by atoms with van der Waals surface area (Å²) < 4.78 is 37.6. The molecule has 0 aliphatic rings. The highest BCUT2D eigenvalue weighted by Crippen LogP contribution is 2.31. The molecule has 128 valence electrons. The molecular formula is C18H13F3N2O2. The summed E-state index contributed by atoms with van der Waals surface area (Å²) in [6.45, 7) is 0. The van der Waals surface area contributed by atoms with E-state index in [1.807, 2.05) is 0 Å². The van der Waals surface area contributed by atoms with E-state index in [4.69, 9.17) is 0 Å². The van der Waals surface area contributed by atoms with Gasteiger partial charge in [-0.25, -0.2) is 0 Å². The maximum absolute atomic E-state index is 12.5. The lowest BCUT2D eigenvalue weighted by atomic mass is 10.1. The van der Waals surface area contributed by atoms with Gasteiger partial charge in [0.2, 0.25) is 5.91 Å². The predicted molar refractivity (Wildman–Crippen MR) is 87.2 cm³/mol. The van der Waals surface area contributed by atoms with Gasteiger partial charge in [0.15, 0.2) is 5.75 Å². The van der Waals surface area contributed by atoms with E-state index in [9.17, 15) is 23.1 Å². The first-order valence-electron chi connectivity index (χ1n) is 7.37. The first kappa shape index (κ1) is 16.8. The van der Waals surface area contributed by atoms with Gasteiger partial charge in [-0.3, -0.25) is 9.78 Å². The van der Waals surface area contributed by atoms with Crippen LogP contribution in [0.2, 0.25) is 0 Å². The number of rotatable bonds is 3. The van der Waals surface area contributed by atoms with Gasteiger partial charge >= 0.3 is 6.18 Å². The number of aromatic nitrogens is 1. The van der Waals surface area contributed by atoms with Gasteiger partial charge in [0, 0.05) is 11.6 Å². The quantitative estimate of drug-likeness (QED) is 0.701. The molecule has 0 saturated carbocycles. The Morgan fingerprint density at radius 2 is 1.80 bits per heavy atom. The van der Waals surface area contributed by atoms with Crippen molar-refractivity contribution in [3.05, 3.63) is 65.9 Å². The summed E-state index contributed by atoms with van der Waals surface area (Å²) in [6.07, 6.45) is -3.00. The molecule has 0 aliphatic carbocycles. The van der Waals surface area contributed by atoms with Crippen LogP contribution < -0.4 is 5.32 Å². The first-order valence-corrected chi connectivity index (χ1v) is 7.37. The second kappa shape index (κ2) is 6.43. The van der Waals surface area contributed by atoms with Crippen LogP contribution in [-0.4, -0.2) is 16.0 Å². The molecule has 3 rings (SSSR count). The maximum atomic E-state index is 12.5. The normalized spacial score (nSPS) is 11.5. The number of hydrogen-bond acceptors (Lipinski definition) is 3. The molecule has 0 aliphatic heterocycles. The average Bonchev–Trinajstić information content (AvgIpc) is 2.57. The minimum atomic E-state index is -4.41. The van der Waals surface area contributed by atoms with E-state index in [1.165, 1.54) is 18.3 Å². The fourth-order valence-electron chi connectivity index (χ4n) is 2.42. The van der Waals surface area contributed by atoms with E-state index < -0.39 is 17.6 Å². The van der Waals surface area contributed by atoms with Crippen molar-refractivity contribution in [3.63, 3.8) is 0 Å². The van der Waals surface area contributed by atoms with E-state index in [0.29, 0.717) is 11.1 Å². The number of aromatic hydroxyl groups is 1. The highest BCUT2D eigenvalue weighted by molar-refractivity contribution is 5.98. The van der Waals surface area contributed by atoms with Crippen LogP contribution >= 0.6 is 0 Å². The summed E-state index contributed by atoms with van der Waals surface area (Å²) in [5.41, 5.74) is 0.219. The van der Waals surface area contributed by atoms with Gasteiger partial charge in [-0.2, -0.15) is 13.2 Å². The molecule has 25 heavy (non-hydrogen) atoms. The van der Waals surface area contributed by atoms with Crippen molar-refractivity contribution in [1.29, 1.82) is 0 Å². The van der Waals surface area contributed by atoms with E-state index in [1.54, 1.807) is 24.3 Å². The Kier molecular flexibility index (Phi) is 4.31. The van der Waals surface area contributed by atoms with E-state index in [0.717, 1.165) is 17.5 Å². The van der Waals surface area contributed by atoms with Crippen molar-refractivity contribution in [3.8, 4) is 5.75 Å². The standard InChI is InChI=1S/C18H13F3N2O2/c19-18(20,21)13-6-3-11(4-7-13)10-15(24)23-14-8-5-12-2-1-9-22-16(12)17(14)25/h1-9,25H,10H2,(H,23,24). The van der Waals surface area contributed by atoms with Crippen molar-refractivity contribution in [2.75, 3.05) is 5.32 Å². The third kappa shape index (κ3) is 3.71. The summed E-state index contributed by atoms with van der Waals surface area (Å²) in [5, 5.41) is 13.5. The van der Waals surface area contributed by atoms with Gasteiger partial charge < -0.3 is 10.4 Å². The summed E-state index contributed by atoms with van der Waals surface area (Å²) >= 11 is 0. The molecule has 7 heteroatoms. The van der Waals surface area contributed by atoms with E-state index in [2.05, 4.69) is 10.3 Å². The topological polar surface area (TPSA) is 62.2 Å². The number of phenolic OH excluding ortho intramolecular Hbond substituents is 1. The van der Waals surface area contributed by atoms with Gasteiger partial charge in [0.25, 0.3) is 0 Å². The monoisotopic (exact) mass is 346 g/mol. The Morgan fingerprint density at radius 3 is 2.48 bits per heavy atom. The minimum absolute atomic E-state index is 0.113. The number of benzene rings is 2. The van der Waals surface area contributed by atoms with Gasteiger partial charge in [-0.05, 0) is 29.8 Å².